The van der Waals surface area contributed by atoms with Crippen LogP contribution in [0.1, 0.15) is 80.6 Å². The van der Waals surface area contributed by atoms with E-state index in [4.69, 9.17) is 23.8 Å². The molecular weight excluding hydrogens is 586 g/mol. The number of oxime groups is 1. The molecule has 1 aliphatic carbocycles. The van der Waals surface area contributed by atoms with E-state index in [-0.39, 0.29) is 30.7 Å². The molecule has 0 aromatic rings. The van der Waals surface area contributed by atoms with Crippen LogP contribution < -0.4 is 0 Å². The first-order valence-electron chi connectivity index (χ1n) is 16.8. The maximum atomic E-state index is 14.2. The lowest BCUT2D eigenvalue weighted by molar-refractivity contribution is -0.313. The first-order chi connectivity index (χ1) is 21.8. The van der Waals surface area contributed by atoms with E-state index >= 15 is 0 Å². The van der Waals surface area contributed by atoms with Crippen LogP contribution in [0, 0.1) is 23.7 Å². The second-order valence-corrected chi connectivity index (χ2v) is 14.5. The van der Waals surface area contributed by atoms with Crippen LogP contribution in [0.5, 0.6) is 0 Å². The molecule has 2 bridgehead atoms. The van der Waals surface area contributed by atoms with Gasteiger partial charge >= 0.3 is 5.97 Å². The molecule has 4 aliphatic heterocycles. The number of carbonyl (C=O) groups is 1. The zero-order valence-corrected chi connectivity index (χ0v) is 28.7. The van der Waals surface area contributed by atoms with Gasteiger partial charge in [0, 0.05) is 25.2 Å². The average molecular weight is 640 g/mol. The number of ether oxygens (including phenoxy) is 4. The van der Waals surface area contributed by atoms with E-state index in [0.29, 0.717) is 42.7 Å². The number of aliphatic hydroxyl groups excluding tert-OH is 1. The molecule has 0 amide bonds. The first kappa shape index (κ1) is 34.8. The van der Waals surface area contributed by atoms with Gasteiger partial charge in [0.25, 0.3) is 0 Å². The fourth-order valence-electron chi connectivity index (χ4n) is 7.94. The monoisotopic (exact) mass is 639 g/mol. The molecule has 9 heteroatoms. The molecule has 0 radical (unpaired) electrons. The zero-order chi connectivity index (χ0) is 33.4. The molecule has 0 saturated carbocycles. The number of fused-ring (bicyclic) bond motifs is 2. The van der Waals surface area contributed by atoms with Gasteiger partial charge in [-0.05, 0) is 62.2 Å². The van der Waals surface area contributed by atoms with Crippen LogP contribution in [0.2, 0.25) is 0 Å². The maximum absolute atomic E-state index is 14.2. The summed E-state index contributed by atoms with van der Waals surface area (Å²) in [5.74, 6) is -2.15. The van der Waals surface area contributed by atoms with Gasteiger partial charge in [-0.1, -0.05) is 74.9 Å². The molecule has 1 spiro atoms. The smallest absolute Gasteiger partial charge is 0.316 e. The van der Waals surface area contributed by atoms with E-state index in [0.717, 1.165) is 17.7 Å². The SMILES string of the molecule is CON=C1C[C@]2(C[C@H]3C[C@H](CC=C(C)C[C@H](C)C=CC=C4CO[C@@H]5[C@@H](O)C(C)=C[C@H](C(=O)O3)[C@@]45O)O2)OC(C(C)=CC(C)C)[C@@H]1C. The van der Waals surface area contributed by atoms with Crippen molar-refractivity contribution in [1.82, 2.24) is 0 Å². The summed E-state index contributed by atoms with van der Waals surface area (Å²) in [6.45, 7) is 14.6. The van der Waals surface area contributed by atoms with Crippen LogP contribution in [-0.4, -0.2) is 77.5 Å². The molecule has 0 aromatic carbocycles. The minimum atomic E-state index is -1.74. The summed E-state index contributed by atoms with van der Waals surface area (Å²) in [6.07, 6.45) is 11.4. The Bertz CT molecular complexity index is 1340. The molecule has 3 saturated heterocycles. The molecule has 3 fully saturated rings. The van der Waals surface area contributed by atoms with Gasteiger partial charge in [-0.25, -0.2) is 0 Å². The molecule has 5 aliphatic rings. The van der Waals surface area contributed by atoms with Crippen molar-refractivity contribution in [2.45, 2.75) is 122 Å². The van der Waals surface area contributed by atoms with Crippen molar-refractivity contribution >= 4 is 11.7 Å². The molecule has 4 heterocycles. The number of aliphatic hydroxyl groups is 2. The Kier molecular flexibility index (Phi) is 10.5. The Morgan fingerprint density at radius 3 is 2.67 bits per heavy atom. The predicted molar refractivity (Wildman–Crippen MR) is 176 cm³/mol. The first-order valence-corrected chi connectivity index (χ1v) is 16.8. The summed E-state index contributed by atoms with van der Waals surface area (Å²) >= 11 is 0. The molecule has 254 valence electrons. The highest BCUT2D eigenvalue weighted by Crippen LogP contribution is 2.47. The Hall–Kier alpha value is -2.56. The largest absolute Gasteiger partial charge is 0.462 e. The van der Waals surface area contributed by atoms with E-state index < -0.39 is 41.6 Å². The van der Waals surface area contributed by atoms with Crippen LogP contribution in [0.4, 0.5) is 0 Å². The number of hydrogen-bond donors (Lipinski definition) is 2. The molecule has 10 atom stereocenters. The molecule has 9 nitrogen and oxygen atoms in total. The summed E-state index contributed by atoms with van der Waals surface area (Å²) in [5.41, 5.74) is 2.54. The summed E-state index contributed by atoms with van der Waals surface area (Å²) in [7, 11) is 1.55. The number of esters is 1. The van der Waals surface area contributed by atoms with Gasteiger partial charge < -0.3 is 34.0 Å². The lowest BCUT2D eigenvalue weighted by Crippen LogP contribution is -2.59. The lowest BCUT2D eigenvalue weighted by Gasteiger charge is -2.50. The van der Waals surface area contributed by atoms with Crippen molar-refractivity contribution in [2.24, 2.45) is 28.8 Å². The standard InChI is InChI=1S/C37H53NO8/c1-21(2)14-25(6)33-26(7)31(38-42-8)19-36(46-33)18-29-17-28(45-36)13-12-23(4)15-22(3)10-9-11-27-20-43-34-32(39)24(5)16-30(35(40)44-29)37(27,34)41/h9-12,14,16,21-22,26,28-30,32-34,39,41H,13,15,17-20H2,1-8H3/t22-,26-,28+,29-,30-,32+,33?,34-,36+,37+/m1/s1. The molecule has 1 unspecified atom stereocenters. The average Bonchev–Trinajstić information content (AvgIpc) is 3.31. The van der Waals surface area contributed by atoms with Gasteiger partial charge in [-0.15, -0.1) is 0 Å². The Balaban J connectivity index is 1.55. The highest BCUT2D eigenvalue weighted by atomic mass is 16.7. The van der Waals surface area contributed by atoms with Crippen LogP contribution >= 0.6 is 0 Å². The second-order valence-electron chi connectivity index (χ2n) is 14.5. The molecule has 0 aromatic heterocycles. The topological polar surface area (TPSA) is 116 Å². The van der Waals surface area contributed by atoms with Gasteiger partial charge in [0.05, 0.1) is 24.5 Å². The van der Waals surface area contributed by atoms with Crippen molar-refractivity contribution in [1.29, 1.82) is 0 Å². The van der Waals surface area contributed by atoms with Crippen LogP contribution in [0.25, 0.3) is 0 Å². The minimum absolute atomic E-state index is 0.0340. The lowest BCUT2D eigenvalue weighted by atomic mass is 9.71. The number of nitrogens with zero attached hydrogens (tertiary/aromatic N) is 1. The Labute approximate surface area is 274 Å². The summed E-state index contributed by atoms with van der Waals surface area (Å²) in [6, 6.07) is 0. The maximum Gasteiger partial charge on any atom is 0.316 e. The van der Waals surface area contributed by atoms with Gasteiger partial charge in [0.2, 0.25) is 0 Å². The third kappa shape index (κ3) is 6.99. The van der Waals surface area contributed by atoms with Crippen LogP contribution in [0.15, 0.2) is 63.9 Å². The van der Waals surface area contributed by atoms with Gasteiger partial charge in [0.1, 0.15) is 36.9 Å². The summed E-state index contributed by atoms with van der Waals surface area (Å²) in [4.78, 5) is 19.4. The zero-order valence-electron chi connectivity index (χ0n) is 28.7. The van der Waals surface area contributed by atoms with E-state index in [1.165, 1.54) is 5.57 Å². The Morgan fingerprint density at radius 2 is 1.96 bits per heavy atom. The van der Waals surface area contributed by atoms with Crippen molar-refractivity contribution in [2.75, 3.05) is 13.7 Å². The van der Waals surface area contributed by atoms with Crippen molar-refractivity contribution in [3.63, 3.8) is 0 Å². The molecule has 5 rings (SSSR count). The predicted octanol–water partition coefficient (Wildman–Crippen LogP) is 5.73. The third-order valence-electron chi connectivity index (χ3n) is 10.1. The number of allylic oxidation sites excluding steroid dienone is 5. The van der Waals surface area contributed by atoms with Gasteiger partial charge in [-0.2, -0.15) is 0 Å². The minimum Gasteiger partial charge on any atom is -0.462 e. The quantitative estimate of drug-likeness (QED) is 0.229. The highest BCUT2D eigenvalue weighted by Gasteiger charge is 2.60. The normalized spacial score (nSPS) is 41.5. The van der Waals surface area contributed by atoms with Gasteiger partial charge in [-0.3, -0.25) is 4.79 Å². The van der Waals surface area contributed by atoms with Crippen molar-refractivity contribution < 1.29 is 38.8 Å². The van der Waals surface area contributed by atoms with E-state index in [1.807, 2.05) is 12.2 Å². The van der Waals surface area contributed by atoms with E-state index in [1.54, 1.807) is 20.1 Å². The third-order valence-corrected chi connectivity index (χ3v) is 10.1. The van der Waals surface area contributed by atoms with Gasteiger partial charge in [0.15, 0.2) is 5.79 Å². The van der Waals surface area contributed by atoms with Crippen LogP contribution in [-0.2, 0) is 28.6 Å². The second kappa shape index (κ2) is 13.9. The molecule has 2 N–H and O–H groups in total. The number of rotatable bonds is 3. The van der Waals surface area contributed by atoms with E-state index in [9.17, 15) is 15.0 Å². The van der Waals surface area contributed by atoms with Crippen molar-refractivity contribution in [3.05, 3.63) is 58.7 Å². The fraction of sp³-hybridized carbons (Fsp3) is 0.676. The Morgan fingerprint density at radius 1 is 1.20 bits per heavy atom. The number of hydrogen-bond acceptors (Lipinski definition) is 9. The fourth-order valence-corrected chi connectivity index (χ4v) is 7.94. The van der Waals surface area contributed by atoms with Crippen molar-refractivity contribution in [3.8, 4) is 0 Å². The molecular formula is C37H53NO8. The summed E-state index contributed by atoms with van der Waals surface area (Å²) in [5, 5.41) is 27.6. The van der Waals surface area contributed by atoms with Crippen LogP contribution in [0.3, 0.4) is 0 Å². The number of carbonyl (C=O) groups excluding carboxylic acids is 1. The summed E-state index contributed by atoms with van der Waals surface area (Å²) < 4.78 is 26.0. The molecule has 46 heavy (non-hydrogen) atoms. The highest BCUT2D eigenvalue weighted by molar-refractivity contribution is 5.88. The van der Waals surface area contributed by atoms with E-state index in [2.05, 4.69) is 64.9 Å².